The lowest BCUT2D eigenvalue weighted by molar-refractivity contribution is 0.177. The molecule has 8 nitrogen and oxygen atoms in total. The maximum absolute atomic E-state index is 5.13. The van der Waals surface area contributed by atoms with E-state index in [1.54, 1.807) is 7.11 Å². The van der Waals surface area contributed by atoms with Gasteiger partial charge in [0.25, 0.3) is 0 Å². The van der Waals surface area contributed by atoms with Gasteiger partial charge in [-0.1, -0.05) is 12.8 Å². The average Bonchev–Trinajstić information content (AvgIpc) is 2.86. The van der Waals surface area contributed by atoms with E-state index >= 15 is 0 Å². The normalized spacial score (nSPS) is 21.1. The third-order valence-corrected chi connectivity index (χ3v) is 5.16. The number of likely N-dealkylation sites (tertiary alicyclic amines) is 1. The van der Waals surface area contributed by atoms with Crippen LogP contribution < -0.4 is 10.6 Å². The second kappa shape index (κ2) is 11.8. The summed E-state index contributed by atoms with van der Waals surface area (Å²) >= 11 is 0. The Labute approximate surface area is 179 Å². The molecule has 1 aromatic rings. The van der Waals surface area contributed by atoms with Crippen LogP contribution in [0.3, 0.4) is 0 Å². The zero-order valence-electron chi connectivity index (χ0n) is 16.6. The van der Waals surface area contributed by atoms with Crippen LogP contribution in [0.5, 0.6) is 0 Å². The van der Waals surface area contributed by atoms with Crippen molar-refractivity contribution >= 4 is 29.9 Å². The standard InChI is InChI=1S/C18H33N7O.HI/c1-19-18(20-9-12-24-10-5-3-4-6-11-24)21-15-7-8-17-22-16(14-26-2)23-25(17)13-15;/h15H,3-14H2,1-2H3,(H2,19,20,21);1H. The molecular weight excluding hydrogens is 457 g/mol. The number of ether oxygens (including phenoxy) is 1. The van der Waals surface area contributed by atoms with Gasteiger partial charge in [0, 0.05) is 39.7 Å². The Bertz CT molecular complexity index is 584. The smallest absolute Gasteiger partial charge is 0.191 e. The first kappa shape index (κ1) is 22.4. The van der Waals surface area contributed by atoms with Crippen LogP contribution in [0.2, 0.25) is 0 Å². The number of aryl methyl sites for hydroxylation is 1. The first-order chi connectivity index (χ1) is 12.8. The van der Waals surface area contributed by atoms with Crippen molar-refractivity contribution in [2.75, 3.05) is 40.3 Å². The molecule has 3 rings (SSSR count). The van der Waals surface area contributed by atoms with Gasteiger partial charge in [0.2, 0.25) is 0 Å². The van der Waals surface area contributed by atoms with Crippen LogP contribution in [0.4, 0.5) is 0 Å². The van der Waals surface area contributed by atoms with Gasteiger partial charge >= 0.3 is 0 Å². The molecule has 0 aromatic carbocycles. The molecule has 9 heteroatoms. The predicted octanol–water partition coefficient (Wildman–Crippen LogP) is 1.40. The number of hydrogen-bond donors (Lipinski definition) is 2. The first-order valence-electron chi connectivity index (χ1n) is 9.89. The Morgan fingerprint density at radius 2 is 2.04 bits per heavy atom. The molecule has 1 aromatic heterocycles. The van der Waals surface area contributed by atoms with Crippen molar-refractivity contribution in [2.45, 2.75) is 57.7 Å². The first-order valence-corrected chi connectivity index (χ1v) is 9.89. The van der Waals surface area contributed by atoms with E-state index in [1.165, 1.54) is 38.8 Å². The van der Waals surface area contributed by atoms with Gasteiger partial charge < -0.3 is 20.3 Å². The van der Waals surface area contributed by atoms with Crippen LogP contribution in [0.25, 0.3) is 0 Å². The van der Waals surface area contributed by atoms with E-state index in [4.69, 9.17) is 4.74 Å². The predicted molar refractivity (Wildman–Crippen MR) is 118 cm³/mol. The number of methoxy groups -OCH3 is 1. The number of nitrogens with zero attached hydrogens (tertiary/aromatic N) is 5. The highest BCUT2D eigenvalue weighted by atomic mass is 127. The van der Waals surface area contributed by atoms with Gasteiger partial charge in [-0.05, 0) is 32.4 Å². The van der Waals surface area contributed by atoms with Gasteiger partial charge in [0.1, 0.15) is 12.4 Å². The van der Waals surface area contributed by atoms with E-state index in [0.717, 1.165) is 50.1 Å². The molecule has 154 valence electrons. The van der Waals surface area contributed by atoms with Gasteiger partial charge in [-0.2, -0.15) is 5.10 Å². The second-order valence-corrected chi connectivity index (χ2v) is 7.19. The summed E-state index contributed by atoms with van der Waals surface area (Å²) < 4.78 is 7.13. The molecule has 2 N–H and O–H groups in total. The summed E-state index contributed by atoms with van der Waals surface area (Å²) in [7, 11) is 3.51. The number of hydrogen-bond acceptors (Lipinski definition) is 5. The zero-order valence-corrected chi connectivity index (χ0v) is 18.9. The number of aromatic nitrogens is 3. The van der Waals surface area contributed by atoms with Crippen molar-refractivity contribution in [1.29, 1.82) is 0 Å². The lowest BCUT2D eigenvalue weighted by Gasteiger charge is -2.26. The topological polar surface area (TPSA) is 79.6 Å². The highest BCUT2D eigenvalue weighted by Crippen LogP contribution is 2.13. The van der Waals surface area contributed by atoms with E-state index in [1.807, 2.05) is 11.7 Å². The summed E-state index contributed by atoms with van der Waals surface area (Å²) in [6.45, 7) is 5.76. The molecule has 1 atom stereocenters. The summed E-state index contributed by atoms with van der Waals surface area (Å²) in [5.74, 6) is 2.70. The molecule has 1 saturated heterocycles. The molecule has 27 heavy (non-hydrogen) atoms. The number of aliphatic imine (C=N–C) groups is 1. The molecule has 0 amide bonds. The lowest BCUT2D eigenvalue weighted by atomic mass is 10.1. The molecule has 1 fully saturated rings. The number of nitrogens with one attached hydrogen (secondary N) is 2. The fourth-order valence-electron chi connectivity index (χ4n) is 3.75. The summed E-state index contributed by atoms with van der Waals surface area (Å²) in [5, 5.41) is 11.5. The van der Waals surface area contributed by atoms with E-state index in [-0.39, 0.29) is 24.0 Å². The molecule has 0 aliphatic carbocycles. The Morgan fingerprint density at radius 3 is 2.74 bits per heavy atom. The molecule has 0 saturated carbocycles. The number of guanidine groups is 1. The van der Waals surface area contributed by atoms with Crippen molar-refractivity contribution in [2.24, 2.45) is 4.99 Å². The van der Waals surface area contributed by atoms with Crippen LogP contribution in [0, 0.1) is 0 Å². The van der Waals surface area contributed by atoms with Gasteiger partial charge in [-0.3, -0.25) is 4.99 Å². The van der Waals surface area contributed by atoms with Crippen LogP contribution in [0.15, 0.2) is 4.99 Å². The maximum atomic E-state index is 5.13. The highest BCUT2D eigenvalue weighted by molar-refractivity contribution is 14.0. The van der Waals surface area contributed by atoms with Crippen LogP contribution in [0.1, 0.15) is 43.8 Å². The quantitative estimate of drug-likeness (QED) is 0.356. The largest absolute Gasteiger partial charge is 0.377 e. The molecule has 1 unspecified atom stereocenters. The summed E-state index contributed by atoms with van der Waals surface area (Å²) in [4.78, 5) is 11.5. The zero-order chi connectivity index (χ0) is 18.2. The van der Waals surface area contributed by atoms with Gasteiger partial charge in [-0.15, -0.1) is 24.0 Å². The Kier molecular flexibility index (Phi) is 9.77. The maximum Gasteiger partial charge on any atom is 0.191 e. The summed E-state index contributed by atoms with van der Waals surface area (Å²) in [6, 6.07) is 0.323. The van der Waals surface area contributed by atoms with Crippen LogP contribution >= 0.6 is 24.0 Å². The fraction of sp³-hybridized carbons (Fsp3) is 0.833. The van der Waals surface area contributed by atoms with Crippen molar-refractivity contribution < 1.29 is 4.74 Å². The van der Waals surface area contributed by atoms with E-state index < -0.39 is 0 Å². The third-order valence-electron chi connectivity index (χ3n) is 5.16. The number of halogens is 1. The molecule has 0 spiro atoms. The monoisotopic (exact) mass is 491 g/mol. The van der Waals surface area contributed by atoms with Crippen molar-refractivity contribution in [3.63, 3.8) is 0 Å². The van der Waals surface area contributed by atoms with Crippen molar-refractivity contribution in [1.82, 2.24) is 30.3 Å². The number of fused-ring (bicyclic) bond motifs is 1. The van der Waals surface area contributed by atoms with Crippen molar-refractivity contribution in [3.8, 4) is 0 Å². The molecule has 2 aliphatic rings. The van der Waals surface area contributed by atoms with Crippen LogP contribution in [-0.2, 0) is 24.3 Å². The molecule has 0 radical (unpaired) electrons. The Balaban J connectivity index is 0.00000261. The minimum atomic E-state index is 0. The van der Waals surface area contributed by atoms with E-state index in [0.29, 0.717) is 12.6 Å². The number of rotatable bonds is 6. The molecule has 2 aliphatic heterocycles. The van der Waals surface area contributed by atoms with Gasteiger partial charge in [0.15, 0.2) is 11.8 Å². The lowest BCUT2D eigenvalue weighted by Crippen LogP contribution is -2.48. The highest BCUT2D eigenvalue weighted by Gasteiger charge is 2.22. The van der Waals surface area contributed by atoms with E-state index in [9.17, 15) is 0 Å². The summed E-state index contributed by atoms with van der Waals surface area (Å²) in [6.07, 6.45) is 7.40. The van der Waals surface area contributed by atoms with Crippen LogP contribution in [-0.4, -0.2) is 72.0 Å². The Morgan fingerprint density at radius 1 is 1.26 bits per heavy atom. The molecule has 0 bridgehead atoms. The Hall–Kier alpha value is -0.940. The fourth-order valence-corrected chi connectivity index (χ4v) is 3.75. The molecular formula is C18H34IN7O. The SMILES string of the molecule is CN=C(NCCN1CCCCCC1)NC1CCc2nc(COC)nn2C1.I. The summed E-state index contributed by atoms with van der Waals surface area (Å²) in [5.41, 5.74) is 0. The minimum Gasteiger partial charge on any atom is -0.377 e. The van der Waals surface area contributed by atoms with Gasteiger partial charge in [-0.25, -0.2) is 9.67 Å². The van der Waals surface area contributed by atoms with Gasteiger partial charge in [0.05, 0.1) is 6.54 Å². The van der Waals surface area contributed by atoms with E-state index in [2.05, 4.69) is 30.6 Å². The third kappa shape index (κ3) is 6.86. The average molecular weight is 491 g/mol. The van der Waals surface area contributed by atoms with Crippen molar-refractivity contribution in [3.05, 3.63) is 11.6 Å². The molecule has 3 heterocycles. The second-order valence-electron chi connectivity index (χ2n) is 7.19. The minimum absolute atomic E-state index is 0.